The number of ether oxygens (including phenoxy) is 3. The Morgan fingerprint density at radius 1 is 1.11 bits per heavy atom. The predicted octanol–water partition coefficient (Wildman–Crippen LogP) is 2.82. The summed E-state index contributed by atoms with van der Waals surface area (Å²) in [6.45, 7) is 4.01. The summed E-state index contributed by atoms with van der Waals surface area (Å²) in [5.41, 5.74) is 2.51. The van der Waals surface area contributed by atoms with Gasteiger partial charge in [-0.15, -0.1) is 0 Å². The van der Waals surface area contributed by atoms with Crippen LogP contribution in [-0.2, 0) is 26.1 Å². The smallest absolute Gasteiger partial charge is 0.240 e. The molecule has 0 unspecified atom stereocenters. The number of rotatable bonds is 8. The standard InChI is InChI=1S/C20H25NO5S/c1-20(13-26-14-20)12-21-27(22,23)17-8-9-19(25-3)18(10-17)16-6-4-15(5-7-16)11-24-2/h4-10,21H,11-14H2,1-3H3. The molecule has 0 amide bonds. The molecule has 7 heteroatoms. The fraction of sp³-hybridized carbons (Fsp3) is 0.400. The third-order valence-electron chi connectivity index (χ3n) is 4.65. The number of hydrogen-bond acceptors (Lipinski definition) is 5. The van der Waals surface area contributed by atoms with Crippen LogP contribution >= 0.6 is 0 Å². The second-order valence-corrected chi connectivity index (χ2v) is 8.89. The Bertz CT molecular complexity index is 889. The van der Waals surface area contributed by atoms with Gasteiger partial charge in [0.25, 0.3) is 0 Å². The van der Waals surface area contributed by atoms with Crippen LogP contribution in [0.4, 0.5) is 0 Å². The largest absolute Gasteiger partial charge is 0.496 e. The van der Waals surface area contributed by atoms with E-state index < -0.39 is 10.0 Å². The van der Waals surface area contributed by atoms with E-state index in [1.165, 1.54) is 0 Å². The van der Waals surface area contributed by atoms with Crippen LogP contribution in [0.3, 0.4) is 0 Å². The average molecular weight is 391 g/mol. The average Bonchev–Trinajstić information content (AvgIpc) is 2.65. The monoisotopic (exact) mass is 391 g/mol. The highest BCUT2D eigenvalue weighted by Crippen LogP contribution is 2.33. The molecular weight excluding hydrogens is 366 g/mol. The second-order valence-electron chi connectivity index (χ2n) is 7.12. The fourth-order valence-corrected chi connectivity index (χ4v) is 4.16. The molecule has 0 aliphatic carbocycles. The van der Waals surface area contributed by atoms with Crippen molar-refractivity contribution >= 4 is 10.0 Å². The molecule has 1 aliphatic rings. The van der Waals surface area contributed by atoms with E-state index >= 15 is 0 Å². The minimum Gasteiger partial charge on any atom is -0.496 e. The molecule has 1 aliphatic heterocycles. The van der Waals surface area contributed by atoms with Gasteiger partial charge >= 0.3 is 0 Å². The molecule has 0 saturated carbocycles. The van der Waals surface area contributed by atoms with Crippen molar-refractivity contribution in [1.82, 2.24) is 4.72 Å². The van der Waals surface area contributed by atoms with Gasteiger partial charge in [-0.05, 0) is 29.3 Å². The van der Waals surface area contributed by atoms with Crippen LogP contribution in [0.2, 0.25) is 0 Å². The molecule has 6 nitrogen and oxygen atoms in total. The Morgan fingerprint density at radius 2 is 1.81 bits per heavy atom. The summed E-state index contributed by atoms with van der Waals surface area (Å²) < 4.78 is 43.9. The number of methoxy groups -OCH3 is 2. The SMILES string of the molecule is COCc1ccc(-c2cc(S(=O)(=O)NCC3(C)COC3)ccc2OC)cc1. The van der Waals surface area contributed by atoms with Crippen LogP contribution in [-0.4, -0.2) is 42.4 Å². The van der Waals surface area contributed by atoms with E-state index in [-0.39, 0.29) is 10.3 Å². The van der Waals surface area contributed by atoms with Crippen LogP contribution < -0.4 is 9.46 Å². The van der Waals surface area contributed by atoms with Crippen molar-refractivity contribution in [3.63, 3.8) is 0 Å². The Labute approximate surface area is 160 Å². The van der Waals surface area contributed by atoms with E-state index in [0.717, 1.165) is 16.7 Å². The van der Waals surface area contributed by atoms with E-state index in [0.29, 0.717) is 32.1 Å². The lowest BCUT2D eigenvalue weighted by atomic mass is 9.89. The summed E-state index contributed by atoms with van der Waals surface area (Å²) in [5, 5.41) is 0. The van der Waals surface area contributed by atoms with Gasteiger partial charge in [0, 0.05) is 24.6 Å². The maximum absolute atomic E-state index is 12.7. The fourth-order valence-electron chi connectivity index (χ4n) is 2.93. The summed E-state index contributed by atoms with van der Waals surface area (Å²) >= 11 is 0. The molecule has 1 fully saturated rings. The van der Waals surface area contributed by atoms with Crippen molar-refractivity contribution in [3.8, 4) is 16.9 Å². The molecule has 2 aromatic carbocycles. The van der Waals surface area contributed by atoms with Crippen molar-refractivity contribution in [2.45, 2.75) is 18.4 Å². The zero-order valence-electron chi connectivity index (χ0n) is 15.8. The van der Waals surface area contributed by atoms with Crippen molar-refractivity contribution < 1.29 is 22.6 Å². The maximum atomic E-state index is 12.7. The van der Waals surface area contributed by atoms with Gasteiger partial charge in [0.1, 0.15) is 5.75 Å². The molecule has 0 spiro atoms. The van der Waals surface area contributed by atoms with Crippen molar-refractivity contribution in [1.29, 1.82) is 0 Å². The summed E-state index contributed by atoms with van der Waals surface area (Å²) in [7, 11) is -0.404. The molecule has 0 aromatic heterocycles. The van der Waals surface area contributed by atoms with E-state index in [2.05, 4.69) is 4.72 Å². The summed E-state index contributed by atoms with van der Waals surface area (Å²) in [6, 6.07) is 12.7. The van der Waals surface area contributed by atoms with Gasteiger partial charge in [-0.3, -0.25) is 0 Å². The van der Waals surface area contributed by atoms with E-state index in [9.17, 15) is 8.42 Å². The highest BCUT2D eigenvalue weighted by molar-refractivity contribution is 7.89. The second kappa shape index (κ2) is 7.98. The number of sulfonamides is 1. The first-order valence-electron chi connectivity index (χ1n) is 8.71. The van der Waals surface area contributed by atoms with Gasteiger partial charge in [-0.1, -0.05) is 31.2 Å². The number of nitrogens with one attached hydrogen (secondary N) is 1. The van der Waals surface area contributed by atoms with Crippen LogP contribution in [0.1, 0.15) is 12.5 Å². The van der Waals surface area contributed by atoms with Gasteiger partial charge in [0.2, 0.25) is 10.0 Å². The van der Waals surface area contributed by atoms with Crippen LogP contribution in [0.15, 0.2) is 47.4 Å². The summed E-state index contributed by atoms with van der Waals surface area (Å²) in [6.07, 6.45) is 0. The number of benzene rings is 2. The molecule has 1 N–H and O–H groups in total. The van der Waals surface area contributed by atoms with Crippen LogP contribution in [0.5, 0.6) is 5.75 Å². The minimum absolute atomic E-state index is 0.139. The van der Waals surface area contributed by atoms with Crippen LogP contribution in [0, 0.1) is 5.41 Å². The Balaban J connectivity index is 1.88. The number of hydrogen-bond donors (Lipinski definition) is 1. The molecule has 0 atom stereocenters. The van der Waals surface area contributed by atoms with E-state index in [1.54, 1.807) is 32.4 Å². The topological polar surface area (TPSA) is 73.9 Å². The van der Waals surface area contributed by atoms with Gasteiger partial charge in [0.05, 0.1) is 31.8 Å². The minimum atomic E-state index is -3.62. The highest BCUT2D eigenvalue weighted by Gasteiger charge is 2.34. The van der Waals surface area contributed by atoms with E-state index in [4.69, 9.17) is 14.2 Å². The first-order valence-corrected chi connectivity index (χ1v) is 10.2. The van der Waals surface area contributed by atoms with Crippen molar-refractivity contribution in [2.75, 3.05) is 34.0 Å². The molecule has 1 saturated heterocycles. The van der Waals surface area contributed by atoms with E-state index in [1.807, 2.05) is 31.2 Å². The zero-order valence-corrected chi connectivity index (χ0v) is 16.6. The summed E-state index contributed by atoms with van der Waals surface area (Å²) in [4.78, 5) is 0.211. The first kappa shape index (κ1) is 19.8. The lowest BCUT2D eigenvalue weighted by molar-refractivity contribution is -0.0965. The van der Waals surface area contributed by atoms with Gasteiger partial charge < -0.3 is 14.2 Å². The molecule has 27 heavy (non-hydrogen) atoms. The van der Waals surface area contributed by atoms with Crippen molar-refractivity contribution in [3.05, 3.63) is 48.0 Å². The first-order chi connectivity index (χ1) is 12.9. The molecule has 2 aromatic rings. The van der Waals surface area contributed by atoms with Crippen LogP contribution in [0.25, 0.3) is 11.1 Å². The molecular formula is C20H25NO5S. The van der Waals surface area contributed by atoms with Crippen molar-refractivity contribution in [2.24, 2.45) is 5.41 Å². The van der Waals surface area contributed by atoms with Gasteiger partial charge in [0.15, 0.2) is 0 Å². The molecule has 146 valence electrons. The Kier molecular flexibility index (Phi) is 5.86. The Hall–Kier alpha value is -1.93. The van der Waals surface area contributed by atoms with Gasteiger partial charge in [-0.25, -0.2) is 13.1 Å². The predicted molar refractivity (Wildman–Crippen MR) is 103 cm³/mol. The third kappa shape index (κ3) is 4.50. The molecule has 0 bridgehead atoms. The summed E-state index contributed by atoms with van der Waals surface area (Å²) in [5.74, 6) is 0.618. The Morgan fingerprint density at radius 3 is 2.37 bits per heavy atom. The zero-order chi connectivity index (χ0) is 19.5. The molecule has 3 rings (SSSR count). The normalized spacial score (nSPS) is 16.0. The third-order valence-corrected chi connectivity index (χ3v) is 6.05. The van der Waals surface area contributed by atoms with Gasteiger partial charge in [-0.2, -0.15) is 0 Å². The highest BCUT2D eigenvalue weighted by atomic mass is 32.2. The maximum Gasteiger partial charge on any atom is 0.240 e. The lowest BCUT2D eigenvalue weighted by Crippen LogP contribution is -2.48. The quantitative estimate of drug-likeness (QED) is 0.749. The molecule has 1 heterocycles. The molecule has 0 radical (unpaired) electrons. The lowest BCUT2D eigenvalue weighted by Gasteiger charge is -2.37.